The highest BCUT2D eigenvalue weighted by Crippen LogP contribution is 2.37. The summed E-state index contributed by atoms with van der Waals surface area (Å²) in [7, 11) is 3.25. The van der Waals surface area contributed by atoms with Gasteiger partial charge in [0.25, 0.3) is 0 Å². The first-order chi connectivity index (χ1) is 8.45. The fourth-order valence-electron chi connectivity index (χ4n) is 1.80. The van der Waals surface area contributed by atoms with Gasteiger partial charge in [0.15, 0.2) is 0 Å². The normalized spacial score (nSPS) is 10.7. The minimum atomic E-state index is -0.334. The van der Waals surface area contributed by atoms with E-state index in [2.05, 4.69) is 21.0 Å². The molecule has 4 nitrogen and oxygen atoms in total. The number of ether oxygens (including phenoxy) is 1. The first kappa shape index (κ1) is 12.9. The Bertz CT molecular complexity index is 590. The van der Waals surface area contributed by atoms with E-state index >= 15 is 0 Å². The number of nitrogens with two attached hydrogens (primary N) is 1. The van der Waals surface area contributed by atoms with Gasteiger partial charge in [0.05, 0.1) is 17.3 Å². The molecule has 0 radical (unpaired) electrons. The lowest BCUT2D eigenvalue weighted by atomic mass is 10.1. The summed E-state index contributed by atoms with van der Waals surface area (Å²) < 4.78 is 21.0. The molecule has 0 bridgehead atoms. The minimum Gasteiger partial charge on any atom is -0.496 e. The van der Waals surface area contributed by atoms with Crippen LogP contribution in [0.2, 0.25) is 0 Å². The lowest BCUT2D eigenvalue weighted by Gasteiger charge is -2.11. The van der Waals surface area contributed by atoms with E-state index in [0.29, 0.717) is 32.9 Å². The molecule has 1 aromatic carbocycles. The van der Waals surface area contributed by atoms with Crippen LogP contribution < -0.4 is 10.5 Å². The zero-order valence-corrected chi connectivity index (χ0v) is 11.9. The molecule has 0 amide bonds. The lowest BCUT2D eigenvalue weighted by molar-refractivity contribution is 0.408. The third-order valence-electron chi connectivity index (χ3n) is 2.79. The number of methoxy groups -OCH3 is 1. The van der Waals surface area contributed by atoms with Crippen molar-refractivity contribution in [3.8, 4) is 17.0 Å². The molecule has 0 unspecified atom stereocenters. The molecule has 2 aromatic rings. The van der Waals surface area contributed by atoms with Crippen LogP contribution >= 0.6 is 15.9 Å². The molecular formula is C12H13BrFN3O. The molecule has 0 saturated carbocycles. The van der Waals surface area contributed by atoms with Crippen LogP contribution in [0, 0.1) is 12.7 Å². The number of halogens is 2. The Morgan fingerprint density at radius 1 is 1.44 bits per heavy atom. The first-order valence-corrected chi connectivity index (χ1v) is 6.07. The molecule has 96 valence electrons. The van der Waals surface area contributed by atoms with Crippen LogP contribution in [0.25, 0.3) is 11.3 Å². The van der Waals surface area contributed by atoms with E-state index in [1.54, 1.807) is 30.8 Å². The van der Waals surface area contributed by atoms with Gasteiger partial charge in [-0.2, -0.15) is 5.10 Å². The monoisotopic (exact) mass is 313 g/mol. The molecule has 2 N–H and O–H groups in total. The maximum absolute atomic E-state index is 13.8. The van der Waals surface area contributed by atoms with Gasteiger partial charge >= 0.3 is 0 Å². The summed E-state index contributed by atoms with van der Waals surface area (Å²) in [6.45, 7) is 1.66. The Morgan fingerprint density at radius 2 is 2.11 bits per heavy atom. The highest BCUT2D eigenvalue weighted by atomic mass is 79.9. The van der Waals surface area contributed by atoms with Gasteiger partial charge < -0.3 is 10.5 Å². The van der Waals surface area contributed by atoms with Gasteiger partial charge in [-0.05, 0) is 28.9 Å². The number of hydrogen-bond acceptors (Lipinski definition) is 3. The van der Waals surface area contributed by atoms with Crippen LogP contribution in [-0.2, 0) is 7.05 Å². The second-order valence-corrected chi connectivity index (χ2v) is 4.81. The topological polar surface area (TPSA) is 53.1 Å². The van der Waals surface area contributed by atoms with Gasteiger partial charge in [0, 0.05) is 24.2 Å². The molecule has 2 rings (SSSR count). The van der Waals surface area contributed by atoms with Crippen molar-refractivity contribution in [2.75, 3.05) is 12.8 Å². The van der Waals surface area contributed by atoms with E-state index in [1.807, 2.05) is 0 Å². The van der Waals surface area contributed by atoms with Crippen molar-refractivity contribution >= 4 is 21.7 Å². The van der Waals surface area contributed by atoms with Gasteiger partial charge in [-0.3, -0.25) is 4.68 Å². The van der Waals surface area contributed by atoms with Gasteiger partial charge in [-0.1, -0.05) is 0 Å². The van der Waals surface area contributed by atoms with Crippen LogP contribution in [0.4, 0.5) is 10.2 Å². The molecule has 0 saturated heterocycles. The van der Waals surface area contributed by atoms with E-state index in [-0.39, 0.29) is 5.82 Å². The largest absolute Gasteiger partial charge is 0.496 e. The number of aromatic nitrogens is 2. The summed E-state index contributed by atoms with van der Waals surface area (Å²) in [6, 6.07) is 3.37. The Morgan fingerprint density at radius 3 is 2.61 bits per heavy atom. The van der Waals surface area contributed by atoms with Crippen molar-refractivity contribution in [2.24, 2.45) is 7.05 Å². The number of anilines is 1. The first-order valence-electron chi connectivity index (χ1n) is 5.28. The lowest BCUT2D eigenvalue weighted by Crippen LogP contribution is -1.98. The van der Waals surface area contributed by atoms with Crippen molar-refractivity contribution in [1.82, 2.24) is 9.78 Å². The Hall–Kier alpha value is -1.56. The molecule has 6 heteroatoms. The number of rotatable bonds is 2. The summed E-state index contributed by atoms with van der Waals surface area (Å²) in [5, 5.41) is 4.27. The van der Waals surface area contributed by atoms with Crippen molar-refractivity contribution in [3.63, 3.8) is 0 Å². The summed E-state index contributed by atoms with van der Waals surface area (Å²) in [4.78, 5) is 0. The smallest absolute Gasteiger partial charge is 0.144 e. The molecule has 0 spiro atoms. The number of nitrogen functional groups attached to an aromatic ring is 1. The number of aryl methyl sites for hydroxylation is 1. The zero-order valence-electron chi connectivity index (χ0n) is 10.3. The molecule has 0 aliphatic rings. The Balaban J connectivity index is 2.70. The average molecular weight is 314 g/mol. The van der Waals surface area contributed by atoms with Gasteiger partial charge in [0.1, 0.15) is 17.4 Å². The summed E-state index contributed by atoms with van der Waals surface area (Å²) in [6.07, 6.45) is 0. The number of benzene rings is 1. The fourth-order valence-corrected chi connectivity index (χ4v) is 2.33. The van der Waals surface area contributed by atoms with Crippen molar-refractivity contribution in [1.29, 1.82) is 0 Å². The van der Waals surface area contributed by atoms with Crippen molar-refractivity contribution in [3.05, 3.63) is 28.0 Å². The standard InChI is InChI=1S/C12H13BrFN3O/c1-6-11(14)8(13)4-7(12(6)18-3)9-5-10(15)17(2)16-9/h4-5H,15H2,1-3H3. The Labute approximate surface area is 113 Å². The molecule has 1 heterocycles. The number of nitrogens with zero attached hydrogens (tertiary/aromatic N) is 2. The van der Waals surface area contributed by atoms with Crippen LogP contribution in [0.1, 0.15) is 5.56 Å². The predicted molar refractivity (Wildman–Crippen MR) is 72.0 cm³/mol. The SMILES string of the molecule is COc1c(-c2cc(N)n(C)n2)cc(Br)c(F)c1C. The van der Waals surface area contributed by atoms with Crippen LogP contribution in [-0.4, -0.2) is 16.9 Å². The van der Waals surface area contributed by atoms with Crippen LogP contribution in [0.15, 0.2) is 16.6 Å². The summed E-state index contributed by atoms with van der Waals surface area (Å²) >= 11 is 3.19. The molecule has 18 heavy (non-hydrogen) atoms. The second-order valence-electron chi connectivity index (χ2n) is 3.96. The minimum absolute atomic E-state index is 0.334. The van der Waals surface area contributed by atoms with Gasteiger partial charge in [-0.15, -0.1) is 0 Å². The van der Waals surface area contributed by atoms with Crippen LogP contribution in [0.3, 0.4) is 0 Å². The third kappa shape index (κ3) is 1.96. The van der Waals surface area contributed by atoms with Gasteiger partial charge in [-0.25, -0.2) is 4.39 Å². The quantitative estimate of drug-likeness (QED) is 0.927. The predicted octanol–water partition coefficient (Wildman–Crippen LogP) is 2.89. The van der Waals surface area contributed by atoms with Crippen LogP contribution in [0.5, 0.6) is 5.75 Å². The molecule has 0 aliphatic heterocycles. The molecule has 0 atom stereocenters. The molecule has 0 fully saturated rings. The average Bonchev–Trinajstić information content (AvgIpc) is 2.66. The highest BCUT2D eigenvalue weighted by molar-refractivity contribution is 9.10. The van der Waals surface area contributed by atoms with Gasteiger partial charge in [0.2, 0.25) is 0 Å². The van der Waals surface area contributed by atoms with E-state index in [0.717, 1.165) is 0 Å². The van der Waals surface area contributed by atoms with E-state index < -0.39 is 0 Å². The van der Waals surface area contributed by atoms with E-state index in [4.69, 9.17) is 10.5 Å². The molecule has 0 aliphatic carbocycles. The molecule has 1 aromatic heterocycles. The summed E-state index contributed by atoms with van der Waals surface area (Å²) in [5.41, 5.74) is 7.54. The number of hydrogen-bond donors (Lipinski definition) is 1. The third-order valence-corrected chi connectivity index (χ3v) is 3.37. The highest BCUT2D eigenvalue weighted by Gasteiger charge is 2.18. The second kappa shape index (κ2) is 4.61. The van der Waals surface area contributed by atoms with Crippen molar-refractivity contribution in [2.45, 2.75) is 6.92 Å². The maximum Gasteiger partial charge on any atom is 0.144 e. The fraction of sp³-hybridized carbons (Fsp3) is 0.250. The van der Waals surface area contributed by atoms with E-state index in [1.165, 1.54) is 7.11 Å². The van der Waals surface area contributed by atoms with E-state index in [9.17, 15) is 4.39 Å². The van der Waals surface area contributed by atoms with Crippen molar-refractivity contribution < 1.29 is 9.13 Å². The summed E-state index contributed by atoms with van der Waals surface area (Å²) in [5.74, 6) is 0.665. The maximum atomic E-state index is 13.8. The molecular weight excluding hydrogens is 301 g/mol. The Kier molecular flexibility index (Phi) is 3.30. The zero-order chi connectivity index (χ0) is 13.4.